The summed E-state index contributed by atoms with van der Waals surface area (Å²) in [7, 11) is 0. The van der Waals surface area contributed by atoms with E-state index in [4.69, 9.17) is 14.6 Å². The number of hydrogen-bond acceptors (Lipinski definition) is 5. The van der Waals surface area contributed by atoms with E-state index in [1.165, 1.54) is 57.8 Å². The lowest BCUT2D eigenvalue weighted by atomic mass is 10.1. The fourth-order valence-corrected chi connectivity index (χ4v) is 3.42. The number of allylic oxidation sites excluding steroid dienone is 1. The number of unbranched alkanes of at least 4 members (excludes halogenated alkanes) is 11. The van der Waals surface area contributed by atoms with Crippen molar-refractivity contribution in [1.29, 1.82) is 0 Å². The third-order valence-corrected chi connectivity index (χ3v) is 5.12. The first kappa shape index (κ1) is 23.6. The normalized spacial score (nSPS) is 24.0. The van der Waals surface area contributed by atoms with E-state index in [2.05, 4.69) is 6.58 Å². The zero-order valence-electron chi connectivity index (χ0n) is 16.4. The van der Waals surface area contributed by atoms with Gasteiger partial charge >= 0.3 is 0 Å². The maximum atomic E-state index is 10.0. The second kappa shape index (κ2) is 15.6. The molecule has 0 aromatic rings. The Hall–Kier alpha value is -0.460. The fourth-order valence-electron chi connectivity index (χ4n) is 3.42. The summed E-state index contributed by atoms with van der Waals surface area (Å²) < 4.78 is 11.0. The first-order chi connectivity index (χ1) is 12.7. The molecule has 1 aliphatic heterocycles. The van der Waals surface area contributed by atoms with Crippen LogP contribution in [0.3, 0.4) is 0 Å². The van der Waals surface area contributed by atoms with Crippen LogP contribution in [0.1, 0.15) is 77.0 Å². The molecule has 0 radical (unpaired) electrons. The summed E-state index contributed by atoms with van der Waals surface area (Å²) in [5.41, 5.74) is 0. The van der Waals surface area contributed by atoms with Gasteiger partial charge in [0, 0.05) is 6.61 Å². The molecule has 0 spiro atoms. The Kier molecular flexibility index (Phi) is 14.1. The highest BCUT2D eigenvalue weighted by Crippen LogP contribution is 2.20. The van der Waals surface area contributed by atoms with Crippen molar-refractivity contribution >= 4 is 0 Å². The van der Waals surface area contributed by atoms with Crippen molar-refractivity contribution in [2.24, 2.45) is 0 Å². The van der Waals surface area contributed by atoms with Crippen LogP contribution >= 0.6 is 0 Å². The Bertz CT molecular complexity index is 336. The number of rotatable bonds is 17. The molecule has 1 fully saturated rings. The van der Waals surface area contributed by atoms with Crippen LogP contribution in [0.25, 0.3) is 0 Å². The molecule has 0 unspecified atom stereocenters. The molecule has 26 heavy (non-hydrogen) atoms. The van der Waals surface area contributed by atoms with Crippen LogP contribution in [0.2, 0.25) is 0 Å². The van der Waals surface area contributed by atoms with Crippen LogP contribution in [0.4, 0.5) is 0 Å². The van der Waals surface area contributed by atoms with Gasteiger partial charge in [0.05, 0.1) is 13.2 Å². The second-order valence-electron chi connectivity index (χ2n) is 7.41. The molecule has 1 heterocycles. The first-order valence-electron chi connectivity index (χ1n) is 10.5. The van der Waals surface area contributed by atoms with E-state index in [1.807, 2.05) is 6.08 Å². The topological polar surface area (TPSA) is 79.2 Å². The molecule has 5 heteroatoms. The zero-order valence-corrected chi connectivity index (χ0v) is 16.4. The predicted octanol–water partition coefficient (Wildman–Crippen LogP) is 3.35. The summed E-state index contributed by atoms with van der Waals surface area (Å²) in [6, 6.07) is 0. The summed E-state index contributed by atoms with van der Waals surface area (Å²) >= 11 is 0. The Morgan fingerprint density at radius 3 is 2.04 bits per heavy atom. The van der Waals surface area contributed by atoms with E-state index in [9.17, 15) is 10.2 Å². The molecular formula is C21H40O5. The first-order valence-corrected chi connectivity index (χ1v) is 10.5. The van der Waals surface area contributed by atoms with Crippen molar-refractivity contribution in [3.63, 3.8) is 0 Å². The molecule has 0 aliphatic carbocycles. The Labute approximate surface area is 159 Å². The van der Waals surface area contributed by atoms with Gasteiger partial charge in [0.15, 0.2) is 0 Å². The van der Waals surface area contributed by atoms with Gasteiger partial charge in [-0.25, -0.2) is 0 Å². The third kappa shape index (κ3) is 10.0. The molecule has 1 rings (SSSR count). The molecule has 1 saturated heterocycles. The smallest absolute Gasteiger partial charge is 0.114 e. The maximum absolute atomic E-state index is 10.0. The molecule has 0 aromatic carbocycles. The highest BCUT2D eigenvalue weighted by Gasteiger charge is 2.40. The molecule has 0 aromatic heterocycles. The van der Waals surface area contributed by atoms with E-state index in [0.717, 1.165) is 19.3 Å². The predicted molar refractivity (Wildman–Crippen MR) is 104 cm³/mol. The van der Waals surface area contributed by atoms with Gasteiger partial charge in [-0.2, -0.15) is 0 Å². The van der Waals surface area contributed by atoms with E-state index < -0.39 is 31.0 Å². The minimum atomic E-state index is -1.05. The molecule has 1 aliphatic rings. The molecule has 0 bridgehead atoms. The van der Waals surface area contributed by atoms with Crippen LogP contribution in [0.15, 0.2) is 12.7 Å². The van der Waals surface area contributed by atoms with Crippen molar-refractivity contribution in [1.82, 2.24) is 0 Å². The number of aliphatic hydroxyl groups excluding tert-OH is 3. The van der Waals surface area contributed by atoms with E-state index in [-0.39, 0.29) is 6.61 Å². The Balaban J connectivity index is 1.85. The van der Waals surface area contributed by atoms with E-state index in [1.54, 1.807) is 0 Å². The maximum Gasteiger partial charge on any atom is 0.114 e. The van der Waals surface area contributed by atoms with Crippen LogP contribution in [0, 0.1) is 0 Å². The molecular weight excluding hydrogens is 332 g/mol. The standard InChI is InChI=1S/C21H40O5/c1-2-3-4-5-6-7-8-9-10-11-12-13-14-15-25-19-17-26-21(20(19)24)18(23)16-22/h2,18-24H,1,3-17H2/t18-,19+,20+,21+/m0/s1. The molecule has 4 atom stereocenters. The summed E-state index contributed by atoms with van der Waals surface area (Å²) in [6.45, 7) is 4.22. The van der Waals surface area contributed by atoms with Crippen LogP contribution in [-0.2, 0) is 9.47 Å². The van der Waals surface area contributed by atoms with Crippen molar-refractivity contribution in [3.05, 3.63) is 12.7 Å². The van der Waals surface area contributed by atoms with Crippen LogP contribution < -0.4 is 0 Å². The largest absolute Gasteiger partial charge is 0.394 e. The van der Waals surface area contributed by atoms with Gasteiger partial charge in [-0.05, 0) is 19.3 Å². The van der Waals surface area contributed by atoms with Crippen LogP contribution in [-0.4, -0.2) is 59.6 Å². The molecule has 3 N–H and O–H groups in total. The van der Waals surface area contributed by atoms with Gasteiger partial charge in [-0.15, -0.1) is 6.58 Å². The minimum Gasteiger partial charge on any atom is -0.394 e. The van der Waals surface area contributed by atoms with Crippen molar-refractivity contribution in [2.45, 2.75) is 101 Å². The summed E-state index contributed by atoms with van der Waals surface area (Å²) in [6.07, 6.45) is 14.1. The lowest BCUT2D eigenvalue weighted by molar-refractivity contribution is -0.0730. The van der Waals surface area contributed by atoms with E-state index >= 15 is 0 Å². The lowest BCUT2D eigenvalue weighted by Gasteiger charge is -2.20. The molecule has 154 valence electrons. The summed E-state index contributed by atoms with van der Waals surface area (Å²) in [5, 5.41) is 28.5. The average Bonchev–Trinajstić information content (AvgIpc) is 3.02. The number of ether oxygens (including phenoxy) is 2. The van der Waals surface area contributed by atoms with Gasteiger partial charge in [0.1, 0.15) is 24.4 Å². The Morgan fingerprint density at radius 1 is 0.962 bits per heavy atom. The highest BCUT2D eigenvalue weighted by molar-refractivity contribution is 4.88. The van der Waals surface area contributed by atoms with Crippen LogP contribution in [0.5, 0.6) is 0 Å². The number of aliphatic hydroxyl groups is 3. The summed E-state index contributed by atoms with van der Waals surface area (Å²) in [5.74, 6) is 0. The SMILES string of the molecule is C=CCCCCCCCCCCCCCO[C@@H]1CO[C@H]([C@@H](O)CO)[C@@H]1O. The van der Waals surface area contributed by atoms with Gasteiger partial charge in [0.25, 0.3) is 0 Å². The van der Waals surface area contributed by atoms with E-state index in [0.29, 0.717) is 6.61 Å². The monoisotopic (exact) mass is 372 g/mol. The Morgan fingerprint density at radius 2 is 1.50 bits per heavy atom. The molecule has 0 amide bonds. The highest BCUT2D eigenvalue weighted by atomic mass is 16.6. The van der Waals surface area contributed by atoms with Gasteiger partial charge < -0.3 is 24.8 Å². The molecule has 0 saturated carbocycles. The zero-order chi connectivity index (χ0) is 19.0. The van der Waals surface area contributed by atoms with Gasteiger partial charge in [0.2, 0.25) is 0 Å². The fraction of sp³-hybridized carbons (Fsp3) is 0.905. The van der Waals surface area contributed by atoms with Gasteiger partial charge in [-0.3, -0.25) is 0 Å². The lowest BCUT2D eigenvalue weighted by Crippen LogP contribution is -2.41. The quantitative estimate of drug-likeness (QED) is 0.269. The minimum absolute atomic E-state index is 0.274. The van der Waals surface area contributed by atoms with Crippen molar-refractivity contribution in [2.75, 3.05) is 19.8 Å². The number of hydrogen-bond donors (Lipinski definition) is 3. The van der Waals surface area contributed by atoms with Crippen molar-refractivity contribution in [3.8, 4) is 0 Å². The van der Waals surface area contributed by atoms with Crippen molar-refractivity contribution < 1.29 is 24.8 Å². The average molecular weight is 373 g/mol. The second-order valence-corrected chi connectivity index (χ2v) is 7.41. The molecule has 5 nitrogen and oxygen atoms in total. The third-order valence-electron chi connectivity index (χ3n) is 5.12. The van der Waals surface area contributed by atoms with Gasteiger partial charge in [-0.1, -0.05) is 63.9 Å². The summed E-state index contributed by atoms with van der Waals surface area (Å²) in [4.78, 5) is 0.